The number of hydrogen-bond acceptors (Lipinski definition) is 4. The third kappa shape index (κ3) is 6.15. The van der Waals surface area contributed by atoms with Crippen LogP contribution in [0.15, 0.2) is 61.1 Å². The molecule has 180 valence electrons. The van der Waals surface area contributed by atoms with Gasteiger partial charge in [0.1, 0.15) is 11.3 Å². The third-order valence-corrected chi connectivity index (χ3v) is 6.38. The largest absolute Gasteiger partial charge is 0.494 e. The summed E-state index contributed by atoms with van der Waals surface area (Å²) in [5.74, 6) is 0.948. The van der Waals surface area contributed by atoms with Crippen molar-refractivity contribution in [2.24, 2.45) is 0 Å². The molecule has 2 aromatic heterocycles. The molecule has 0 amide bonds. The van der Waals surface area contributed by atoms with Gasteiger partial charge in [0, 0.05) is 12.0 Å². The van der Waals surface area contributed by atoms with Gasteiger partial charge in [0.2, 0.25) is 0 Å². The molecule has 2 aromatic carbocycles. The second-order valence-electron chi connectivity index (χ2n) is 8.94. The van der Waals surface area contributed by atoms with E-state index in [-0.39, 0.29) is 6.04 Å². The Kier molecular flexibility index (Phi) is 8.91. The van der Waals surface area contributed by atoms with E-state index < -0.39 is 0 Å². The summed E-state index contributed by atoms with van der Waals surface area (Å²) in [5, 5.41) is 1.12. The molecule has 0 bridgehead atoms. The molecular weight excluding hydrogens is 422 g/mol. The van der Waals surface area contributed by atoms with Crippen LogP contribution in [-0.4, -0.2) is 34.4 Å². The molecule has 0 saturated carbocycles. The summed E-state index contributed by atoms with van der Waals surface area (Å²) < 4.78 is 14.1. The molecule has 0 aliphatic carbocycles. The zero-order valence-corrected chi connectivity index (χ0v) is 20.6. The van der Waals surface area contributed by atoms with Gasteiger partial charge in [-0.1, -0.05) is 69.4 Å². The lowest BCUT2D eigenvalue weighted by Crippen LogP contribution is -2.18. The molecule has 1 atom stereocenters. The quantitative estimate of drug-likeness (QED) is 0.188. The number of hydrogen-bond donors (Lipinski definition) is 0. The number of unbranched alkanes of at least 4 members (excludes halogenated alkanes) is 5. The maximum atomic E-state index is 5.97. The second kappa shape index (κ2) is 12.5. The van der Waals surface area contributed by atoms with Crippen molar-refractivity contribution in [3.05, 3.63) is 66.6 Å². The zero-order valence-electron chi connectivity index (χ0n) is 20.6. The lowest BCUT2D eigenvalue weighted by atomic mass is 10.1. The summed E-state index contributed by atoms with van der Waals surface area (Å²) in [4.78, 5) is 9.21. The normalized spacial score (nSPS) is 12.4. The van der Waals surface area contributed by atoms with Crippen LogP contribution in [0.5, 0.6) is 5.75 Å². The van der Waals surface area contributed by atoms with Gasteiger partial charge in [0.05, 0.1) is 42.8 Å². The van der Waals surface area contributed by atoms with E-state index in [0.717, 1.165) is 47.1 Å². The van der Waals surface area contributed by atoms with Gasteiger partial charge in [-0.2, -0.15) is 0 Å². The van der Waals surface area contributed by atoms with Gasteiger partial charge < -0.3 is 14.0 Å². The predicted octanol–water partition coefficient (Wildman–Crippen LogP) is 7.14. The van der Waals surface area contributed by atoms with E-state index in [2.05, 4.69) is 57.9 Å². The van der Waals surface area contributed by atoms with Crippen LogP contribution < -0.4 is 4.74 Å². The van der Waals surface area contributed by atoms with Crippen LogP contribution >= 0.6 is 0 Å². The van der Waals surface area contributed by atoms with Crippen molar-refractivity contribution in [2.45, 2.75) is 64.8 Å². The number of aromatic nitrogens is 3. The van der Waals surface area contributed by atoms with Crippen LogP contribution in [0.25, 0.3) is 21.9 Å². The maximum absolute atomic E-state index is 5.97. The molecule has 2 heterocycles. The molecule has 0 radical (unpaired) electrons. The molecule has 5 heteroatoms. The molecule has 4 rings (SSSR count). The second-order valence-corrected chi connectivity index (χ2v) is 8.94. The summed E-state index contributed by atoms with van der Waals surface area (Å²) in [6.45, 7) is 6.41. The first-order chi connectivity index (χ1) is 16.8. The summed E-state index contributed by atoms with van der Waals surface area (Å²) in [6, 6.07) is 16.9. The first kappa shape index (κ1) is 24.2. The van der Waals surface area contributed by atoms with Crippen LogP contribution in [0, 0.1) is 0 Å². The Bertz CT molecular complexity index is 1150. The maximum Gasteiger partial charge on any atom is 0.119 e. The van der Waals surface area contributed by atoms with E-state index >= 15 is 0 Å². The van der Waals surface area contributed by atoms with Crippen LogP contribution in [0.4, 0.5) is 0 Å². The molecule has 0 aliphatic rings. The number of nitrogens with zero attached hydrogens (tertiary/aromatic N) is 3. The van der Waals surface area contributed by atoms with E-state index in [1.165, 1.54) is 37.7 Å². The fourth-order valence-electron chi connectivity index (χ4n) is 4.50. The highest BCUT2D eigenvalue weighted by Crippen LogP contribution is 2.27. The number of ether oxygens (including phenoxy) is 2. The van der Waals surface area contributed by atoms with E-state index in [1.54, 1.807) is 0 Å². The Labute approximate surface area is 203 Å². The Hall–Kier alpha value is -2.92. The molecule has 4 aromatic rings. The fourth-order valence-corrected chi connectivity index (χ4v) is 4.50. The zero-order chi connectivity index (χ0) is 23.6. The highest BCUT2D eigenvalue weighted by Gasteiger charge is 2.17. The Morgan fingerprint density at radius 1 is 0.853 bits per heavy atom. The van der Waals surface area contributed by atoms with Crippen LogP contribution in [0.3, 0.4) is 0 Å². The first-order valence-corrected chi connectivity index (χ1v) is 12.8. The topological polar surface area (TPSA) is 49.2 Å². The van der Waals surface area contributed by atoms with Gasteiger partial charge in [0.25, 0.3) is 0 Å². The van der Waals surface area contributed by atoms with Gasteiger partial charge in [0.15, 0.2) is 0 Å². The van der Waals surface area contributed by atoms with Crippen molar-refractivity contribution >= 4 is 21.9 Å². The highest BCUT2D eigenvalue weighted by atomic mass is 16.5. The van der Waals surface area contributed by atoms with E-state index in [9.17, 15) is 0 Å². The number of fused-ring (bicyclic) bond motifs is 3. The molecule has 34 heavy (non-hydrogen) atoms. The van der Waals surface area contributed by atoms with Crippen LogP contribution in [0.2, 0.25) is 0 Å². The van der Waals surface area contributed by atoms with Gasteiger partial charge in [-0.3, -0.25) is 4.98 Å². The average Bonchev–Trinajstić information content (AvgIpc) is 3.31. The molecular formula is C29H37N3O2. The van der Waals surface area contributed by atoms with Gasteiger partial charge >= 0.3 is 0 Å². The van der Waals surface area contributed by atoms with Gasteiger partial charge in [-0.15, -0.1) is 0 Å². The summed E-state index contributed by atoms with van der Waals surface area (Å²) >= 11 is 0. The minimum atomic E-state index is 0.144. The van der Waals surface area contributed by atoms with E-state index in [1.807, 2.05) is 31.6 Å². The minimum absolute atomic E-state index is 0.144. The lowest BCUT2D eigenvalue weighted by molar-refractivity contribution is 0.114. The van der Waals surface area contributed by atoms with Gasteiger partial charge in [-0.05, 0) is 43.5 Å². The number of para-hydroxylation sites is 1. The van der Waals surface area contributed by atoms with Gasteiger partial charge in [-0.25, -0.2) is 4.98 Å². The number of benzene rings is 2. The molecule has 5 nitrogen and oxygen atoms in total. The SMILES string of the molecule is CCCCCCCCOc1ccc(CC(COCC)n2cnc3cnc4ccccc4c32)cc1. The number of pyridine rings is 1. The first-order valence-electron chi connectivity index (χ1n) is 12.8. The molecule has 0 spiro atoms. The number of imidazole rings is 1. The van der Waals surface area contributed by atoms with E-state index in [0.29, 0.717) is 13.2 Å². The fraction of sp³-hybridized carbons (Fsp3) is 0.448. The average molecular weight is 460 g/mol. The van der Waals surface area contributed by atoms with Crippen molar-refractivity contribution < 1.29 is 9.47 Å². The Morgan fingerprint density at radius 3 is 2.47 bits per heavy atom. The summed E-state index contributed by atoms with van der Waals surface area (Å²) in [5.41, 5.74) is 4.28. The molecule has 0 saturated heterocycles. The van der Waals surface area contributed by atoms with Crippen molar-refractivity contribution in [3.8, 4) is 5.75 Å². The Morgan fingerprint density at radius 2 is 1.65 bits per heavy atom. The third-order valence-electron chi connectivity index (χ3n) is 6.38. The highest BCUT2D eigenvalue weighted by molar-refractivity contribution is 6.02. The smallest absolute Gasteiger partial charge is 0.119 e. The van der Waals surface area contributed by atoms with Crippen molar-refractivity contribution in [3.63, 3.8) is 0 Å². The summed E-state index contributed by atoms with van der Waals surface area (Å²) in [6.07, 6.45) is 12.3. The van der Waals surface area contributed by atoms with Crippen LogP contribution in [-0.2, 0) is 11.2 Å². The number of rotatable bonds is 14. The molecule has 0 aliphatic heterocycles. The molecule has 0 fully saturated rings. The lowest BCUT2D eigenvalue weighted by Gasteiger charge is -2.20. The monoisotopic (exact) mass is 459 g/mol. The minimum Gasteiger partial charge on any atom is -0.494 e. The van der Waals surface area contributed by atoms with Crippen molar-refractivity contribution in [2.75, 3.05) is 19.8 Å². The van der Waals surface area contributed by atoms with Crippen molar-refractivity contribution in [1.29, 1.82) is 0 Å². The van der Waals surface area contributed by atoms with Crippen LogP contribution in [0.1, 0.15) is 64.0 Å². The molecule has 1 unspecified atom stereocenters. The Balaban J connectivity index is 1.44. The standard InChI is InChI=1S/C29H37N3O2/c1-3-5-6-7-8-11-18-34-25-16-14-23(15-17-25)19-24(21-33-4-2)32-22-31-28-20-30-27-13-10-9-12-26(27)29(28)32/h9-10,12-17,20,22,24H,3-8,11,18-19,21H2,1-2H3. The summed E-state index contributed by atoms with van der Waals surface area (Å²) in [7, 11) is 0. The van der Waals surface area contributed by atoms with E-state index in [4.69, 9.17) is 9.47 Å². The van der Waals surface area contributed by atoms with Crippen molar-refractivity contribution in [1.82, 2.24) is 14.5 Å². The molecule has 0 N–H and O–H groups in total. The predicted molar refractivity (Wildman–Crippen MR) is 140 cm³/mol.